The Bertz CT molecular complexity index is 760. The first kappa shape index (κ1) is 17.6. The van der Waals surface area contributed by atoms with Crippen LogP contribution >= 0.6 is 0 Å². The van der Waals surface area contributed by atoms with Crippen LogP contribution in [0.25, 0.3) is 11.0 Å². The van der Waals surface area contributed by atoms with Crippen LogP contribution in [0.4, 0.5) is 0 Å². The number of hydrogen-bond donors (Lipinski definition) is 0. The highest BCUT2D eigenvalue weighted by atomic mass is 16.2. The number of carbonyl (C=O) groups is 1. The Hall–Kier alpha value is -1.84. The standard InChI is InChI=1S/C22H31N3O/c1-2-24-13-10-20-15-18(16-23-21(20)24)14-17-6-5-11-25(12-9-17)22(26)19-7-3-4-8-19/h10,13,15-17,19H,2-9,11-12,14H2,1H3/t17-/m1/s1. The Kier molecular flexibility index (Phi) is 5.28. The fraction of sp³-hybridized carbons (Fsp3) is 0.636. The zero-order valence-corrected chi connectivity index (χ0v) is 16.0. The lowest BCUT2D eigenvalue weighted by atomic mass is 9.93. The van der Waals surface area contributed by atoms with Crippen LogP contribution < -0.4 is 0 Å². The van der Waals surface area contributed by atoms with Crippen molar-refractivity contribution in [2.24, 2.45) is 11.8 Å². The van der Waals surface area contributed by atoms with E-state index >= 15 is 0 Å². The van der Waals surface area contributed by atoms with E-state index in [0.29, 0.717) is 17.7 Å². The molecule has 0 bridgehead atoms. The topological polar surface area (TPSA) is 38.1 Å². The molecule has 26 heavy (non-hydrogen) atoms. The lowest BCUT2D eigenvalue weighted by Crippen LogP contribution is -2.36. The number of amides is 1. The molecule has 0 unspecified atom stereocenters. The highest BCUT2D eigenvalue weighted by Gasteiger charge is 2.28. The summed E-state index contributed by atoms with van der Waals surface area (Å²) in [6.45, 7) is 5.02. The molecule has 0 aromatic carbocycles. The minimum atomic E-state index is 0.320. The van der Waals surface area contributed by atoms with E-state index in [-0.39, 0.29) is 0 Å². The predicted octanol–water partition coefficient (Wildman–Crippen LogP) is 4.42. The second kappa shape index (κ2) is 7.81. The van der Waals surface area contributed by atoms with Gasteiger partial charge in [-0.05, 0) is 69.1 Å². The van der Waals surface area contributed by atoms with Gasteiger partial charge in [-0.2, -0.15) is 0 Å². The van der Waals surface area contributed by atoms with Gasteiger partial charge in [-0.15, -0.1) is 0 Å². The molecule has 4 rings (SSSR count). The SMILES string of the molecule is CCn1ccc2cc(C[C@@H]3CCCN(C(=O)C4CCCC4)CC3)cnc21. The summed E-state index contributed by atoms with van der Waals surface area (Å²) >= 11 is 0. The van der Waals surface area contributed by atoms with Crippen molar-refractivity contribution in [2.75, 3.05) is 13.1 Å². The highest BCUT2D eigenvalue weighted by molar-refractivity contribution is 5.79. The number of aryl methyl sites for hydroxylation is 1. The molecule has 4 nitrogen and oxygen atoms in total. The summed E-state index contributed by atoms with van der Waals surface area (Å²) < 4.78 is 2.19. The van der Waals surface area contributed by atoms with E-state index in [1.807, 2.05) is 0 Å². The second-order valence-electron chi connectivity index (χ2n) is 8.17. The van der Waals surface area contributed by atoms with Crippen molar-refractivity contribution < 1.29 is 4.79 Å². The molecule has 1 saturated heterocycles. The van der Waals surface area contributed by atoms with Gasteiger partial charge in [-0.3, -0.25) is 4.79 Å². The van der Waals surface area contributed by atoms with Crippen LogP contribution in [-0.4, -0.2) is 33.4 Å². The molecule has 0 N–H and O–H groups in total. The number of carbonyl (C=O) groups excluding carboxylic acids is 1. The van der Waals surface area contributed by atoms with Gasteiger partial charge in [0.05, 0.1) is 0 Å². The van der Waals surface area contributed by atoms with Crippen LogP contribution in [0.15, 0.2) is 24.5 Å². The predicted molar refractivity (Wildman–Crippen MR) is 105 cm³/mol. The molecular weight excluding hydrogens is 322 g/mol. The molecule has 0 spiro atoms. The quantitative estimate of drug-likeness (QED) is 0.816. The monoisotopic (exact) mass is 353 g/mol. The third-order valence-electron chi connectivity index (χ3n) is 6.39. The number of rotatable bonds is 4. The van der Waals surface area contributed by atoms with Crippen LogP contribution in [0.1, 0.15) is 57.4 Å². The normalized spacial score (nSPS) is 22.0. The van der Waals surface area contributed by atoms with Crippen LogP contribution in [0.5, 0.6) is 0 Å². The molecule has 140 valence electrons. The first-order valence-electron chi connectivity index (χ1n) is 10.5. The van der Waals surface area contributed by atoms with Crippen LogP contribution in [-0.2, 0) is 17.8 Å². The van der Waals surface area contributed by atoms with Gasteiger partial charge in [0.15, 0.2) is 0 Å². The summed E-state index contributed by atoms with van der Waals surface area (Å²) in [6, 6.07) is 4.48. The molecule has 2 aromatic rings. The first-order valence-corrected chi connectivity index (χ1v) is 10.5. The summed E-state index contributed by atoms with van der Waals surface area (Å²) in [4.78, 5) is 19.6. The largest absolute Gasteiger partial charge is 0.342 e. The van der Waals surface area contributed by atoms with Crippen LogP contribution in [0.2, 0.25) is 0 Å². The maximum Gasteiger partial charge on any atom is 0.225 e. The summed E-state index contributed by atoms with van der Waals surface area (Å²) in [7, 11) is 0. The molecule has 2 aliphatic rings. The molecule has 1 aliphatic heterocycles. The minimum absolute atomic E-state index is 0.320. The number of hydrogen-bond acceptors (Lipinski definition) is 2. The van der Waals surface area contributed by atoms with Gasteiger partial charge in [-0.25, -0.2) is 4.98 Å². The smallest absolute Gasteiger partial charge is 0.225 e. The molecule has 4 heteroatoms. The van der Waals surface area contributed by atoms with Gasteiger partial charge in [0.1, 0.15) is 5.65 Å². The zero-order chi connectivity index (χ0) is 17.9. The van der Waals surface area contributed by atoms with Crippen molar-refractivity contribution in [1.82, 2.24) is 14.5 Å². The van der Waals surface area contributed by atoms with Crippen molar-refractivity contribution >= 4 is 16.9 Å². The minimum Gasteiger partial charge on any atom is -0.342 e. The molecular formula is C22H31N3O. The molecule has 1 aliphatic carbocycles. The number of likely N-dealkylation sites (tertiary alicyclic amines) is 1. The number of nitrogens with zero attached hydrogens (tertiary/aromatic N) is 3. The van der Waals surface area contributed by atoms with Crippen molar-refractivity contribution in [3.05, 3.63) is 30.1 Å². The fourth-order valence-electron chi connectivity index (χ4n) is 4.84. The van der Waals surface area contributed by atoms with Gasteiger partial charge in [0, 0.05) is 43.3 Å². The molecule has 2 fully saturated rings. The van der Waals surface area contributed by atoms with E-state index in [9.17, 15) is 4.79 Å². The number of aromatic nitrogens is 2. The van der Waals surface area contributed by atoms with Gasteiger partial charge in [-0.1, -0.05) is 12.8 Å². The van der Waals surface area contributed by atoms with Crippen LogP contribution in [0.3, 0.4) is 0 Å². The maximum atomic E-state index is 12.7. The number of fused-ring (bicyclic) bond motifs is 1. The Morgan fingerprint density at radius 2 is 2.00 bits per heavy atom. The van der Waals surface area contributed by atoms with E-state index in [2.05, 4.69) is 40.9 Å². The van der Waals surface area contributed by atoms with Gasteiger partial charge < -0.3 is 9.47 Å². The number of pyridine rings is 1. The van der Waals surface area contributed by atoms with E-state index < -0.39 is 0 Å². The Balaban J connectivity index is 1.37. The fourth-order valence-corrected chi connectivity index (χ4v) is 4.84. The van der Waals surface area contributed by atoms with E-state index in [0.717, 1.165) is 57.4 Å². The highest BCUT2D eigenvalue weighted by Crippen LogP contribution is 2.29. The van der Waals surface area contributed by atoms with Crippen LogP contribution in [0, 0.1) is 11.8 Å². The van der Waals surface area contributed by atoms with Gasteiger partial charge >= 0.3 is 0 Å². The lowest BCUT2D eigenvalue weighted by molar-refractivity contribution is -0.135. The molecule has 1 amide bonds. The molecule has 0 radical (unpaired) electrons. The van der Waals surface area contributed by atoms with Crippen molar-refractivity contribution in [3.63, 3.8) is 0 Å². The summed E-state index contributed by atoms with van der Waals surface area (Å²) in [5, 5.41) is 1.25. The zero-order valence-electron chi connectivity index (χ0n) is 16.0. The molecule has 1 atom stereocenters. The molecule has 3 heterocycles. The Morgan fingerprint density at radius 3 is 2.81 bits per heavy atom. The van der Waals surface area contributed by atoms with Gasteiger partial charge in [0.2, 0.25) is 5.91 Å². The van der Waals surface area contributed by atoms with Crippen molar-refractivity contribution in [3.8, 4) is 0 Å². The third-order valence-corrected chi connectivity index (χ3v) is 6.39. The van der Waals surface area contributed by atoms with E-state index in [1.54, 1.807) is 0 Å². The van der Waals surface area contributed by atoms with Gasteiger partial charge in [0.25, 0.3) is 0 Å². The maximum absolute atomic E-state index is 12.7. The third kappa shape index (κ3) is 3.65. The Morgan fingerprint density at radius 1 is 1.15 bits per heavy atom. The average molecular weight is 354 g/mol. The summed E-state index contributed by atoms with van der Waals surface area (Å²) in [6.07, 6.45) is 13.5. The van der Waals surface area contributed by atoms with E-state index in [4.69, 9.17) is 4.98 Å². The van der Waals surface area contributed by atoms with E-state index in [1.165, 1.54) is 30.2 Å². The molecule has 2 aromatic heterocycles. The summed E-state index contributed by atoms with van der Waals surface area (Å²) in [5.74, 6) is 1.43. The first-order chi connectivity index (χ1) is 12.7. The van der Waals surface area contributed by atoms with Crippen molar-refractivity contribution in [2.45, 2.75) is 64.8 Å². The lowest BCUT2D eigenvalue weighted by Gasteiger charge is -2.24. The molecule has 1 saturated carbocycles. The summed E-state index contributed by atoms with van der Waals surface area (Å²) in [5.41, 5.74) is 2.43. The second-order valence-corrected chi connectivity index (χ2v) is 8.17. The average Bonchev–Trinajstić information content (AvgIpc) is 3.27. The Labute approximate surface area is 156 Å². The van der Waals surface area contributed by atoms with Crippen molar-refractivity contribution in [1.29, 1.82) is 0 Å².